The van der Waals surface area contributed by atoms with Crippen molar-refractivity contribution in [3.05, 3.63) is 111 Å². The van der Waals surface area contributed by atoms with Gasteiger partial charge in [0.25, 0.3) is 11.4 Å². The number of nitrogens with zero attached hydrogens (tertiary/aromatic N) is 3. The van der Waals surface area contributed by atoms with Crippen molar-refractivity contribution in [2.24, 2.45) is 5.41 Å². The van der Waals surface area contributed by atoms with Crippen LogP contribution in [0.25, 0.3) is 11.0 Å². The van der Waals surface area contributed by atoms with Gasteiger partial charge in [-0.25, -0.2) is 4.79 Å². The van der Waals surface area contributed by atoms with Gasteiger partial charge in [-0.05, 0) is 67.9 Å². The van der Waals surface area contributed by atoms with E-state index in [4.69, 9.17) is 9.26 Å². The summed E-state index contributed by atoms with van der Waals surface area (Å²) in [4.78, 5) is 39.4. The van der Waals surface area contributed by atoms with Crippen molar-refractivity contribution in [1.29, 1.82) is 0 Å². The molecule has 0 saturated heterocycles. The summed E-state index contributed by atoms with van der Waals surface area (Å²) >= 11 is -2.84. The monoisotopic (exact) mass is 602 g/mol. The van der Waals surface area contributed by atoms with Gasteiger partial charge in [-0.1, -0.05) is 42.0 Å². The zero-order valence-corrected chi connectivity index (χ0v) is 24.3. The van der Waals surface area contributed by atoms with Gasteiger partial charge in [-0.2, -0.15) is 0 Å². The Kier molecular flexibility index (Phi) is 8.28. The van der Waals surface area contributed by atoms with E-state index in [1.165, 1.54) is 24.5 Å². The van der Waals surface area contributed by atoms with Gasteiger partial charge in [0, 0.05) is 29.6 Å². The molecular weight excluding hydrogens is 574 g/mol. The van der Waals surface area contributed by atoms with Crippen LogP contribution in [0.3, 0.4) is 0 Å². The molecule has 5 rings (SSSR count). The van der Waals surface area contributed by atoms with Crippen LogP contribution in [0.5, 0.6) is 11.6 Å². The first kappa shape index (κ1) is 29.5. The summed E-state index contributed by atoms with van der Waals surface area (Å²) in [6.07, 6.45) is 0. The van der Waals surface area contributed by atoms with Crippen molar-refractivity contribution in [2.75, 3.05) is 5.32 Å². The number of benzene rings is 3. The Morgan fingerprint density at radius 2 is 1.72 bits per heavy atom. The van der Waals surface area contributed by atoms with Gasteiger partial charge in [0.2, 0.25) is 5.91 Å². The zero-order chi connectivity index (χ0) is 30.7. The van der Waals surface area contributed by atoms with Crippen LogP contribution >= 0.6 is 0 Å². The van der Waals surface area contributed by atoms with Gasteiger partial charge in [0.05, 0.1) is 17.3 Å². The molecule has 1 atom stereocenters. The van der Waals surface area contributed by atoms with E-state index in [2.05, 4.69) is 10.5 Å². The fraction of sp³-hybridized carbons (Fsp3) is 0.200. The molecule has 3 aromatic carbocycles. The molecule has 12 nitrogen and oxygen atoms in total. The Hall–Kier alpha value is -5.01. The van der Waals surface area contributed by atoms with Gasteiger partial charge in [-0.15, -0.1) is 0 Å². The summed E-state index contributed by atoms with van der Waals surface area (Å²) in [6.45, 7) is 4.62. The number of para-hydroxylation sites is 1. The molecule has 2 aromatic heterocycles. The standard InChI is InChI=1S/C30H29N5O7S/c1-19-8-10-20(11-9-19)17-34-25(16-26(36)35(29(34)38)18-30(2,3)28(37)33-43(39)40)31-21-12-14-22(15-13-21)41-27-23-6-4-5-7-24(23)42-32-27/h4-16,31H,17-18H2,1-3H3,(H,33,37)(H,39,40)/p-1. The molecule has 0 aliphatic carbocycles. The van der Waals surface area contributed by atoms with Crippen LogP contribution in [-0.2, 0) is 29.2 Å². The summed E-state index contributed by atoms with van der Waals surface area (Å²) in [5.41, 5.74) is 0.315. The quantitative estimate of drug-likeness (QED) is 0.225. The second-order valence-electron chi connectivity index (χ2n) is 10.6. The fourth-order valence-corrected chi connectivity index (χ4v) is 4.80. The summed E-state index contributed by atoms with van der Waals surface area (Å²) in [5, 5.41) is 7.84. The maximum absolute atomic E-state index is 13.7. The molecule has 0 spiro atoms. The number of ether oxygens (including phenoxy) is 1. The van der Waals surface area contributed by atoms with Crippen LogP contribution in [0, 0.1) is 12.3 Å². The minimum atomic E-state index is -2.84. The largest absolute Gasteiger partial charge is 0.755 e. The van der Waals surface area contributed by atoms with Crippen LogP contribution in [0.2, 0.25) is 0 Å². The number of hydrogen-bond donors (Lipinski definition) is 2. The Balaban J connectivity index is 1.45. The van der Waals surface area contributed by atoms with E-state index in [1.807, 2.05) is 49.4 Å². The molecule has 0 fully saturated rings. The fourth-order valence-electron chi connectivity index (χ4n) is 4.38. The molecule has 0 aliphatic heterocycles. The summed E-state index contributed by atoms with van der Waals surface area (Å²) in [7, 11) is 0. The molecule has 43 heavy (non-hydrogen) atoms. The van der Waals surface area contributed by atoms with Crippen LogP contribution in [0.1, 0.15) is 25.0 Å². The molecule has 1 amide bonds. The Morgan fingerprint density at radius 3 is 2.42 bits per heavy atom. The average molecular weight is 603 g/mol. The number of fused-ring (bicyclic) bond motifs is 1. The lowest BCUT2D eigenvalue weighted by Gasteiger charge is -2.25. The molecule has 0 radical (unpaired) electrons. The third kappa shape index (κ3) is 6.74. The molecule has 1 unspecified atom stereocenters. The molecule has 0 bridgehead atoms. The van der Waals surface area contributed by atoms with Gasteiger partial charge in [0.1, 0.15) is 11.6 Å². The lowest BCUT2D eigenvalue weighted by atomic mass is 9.92. The highest BCUT2D eigenvalue weighted by Crippen LogP contribution is 2.30. The van der Waals surface area contributed by atoms with Crippen LogP contribution < -0.4 is 26.0 Å². The number of anilines is 2. The number of rotatable bonds is 10. The Bertz CT molecular complexity index is 1930. The lowest BCUT2D eigenvalue weighted by Crippen LogP contribution is -2.47. The van der Waals surface area contributed by atoms with E-state index in [1.54, 1.807) is 35.1 Å². The van der Waals surface area contributed by atoms with Crippen LogP contribution in [0.15, 0.2) is 93.0 Å². The first-order chi connectivity index (χ1) is 20.5. The van der Waals surface area contributed by atoms with E-state index in [-0.39, 0.29) is 18.9 Å². The van der Waals surface area contributed by atoms with Crippen molar-refractivity contribution in [2.45, 2.75) is 33.9 Å². The third-order valence-corrected chi connectivity index (χ3v) is 7.12. The summed E-state index contributed by atoms with van der Waals surface area (Å²) < 4.78 is 37.3. The first-order valence-electron chi connectivity index (χ1n) is 13.2. The van der Waals surface area contributed by atoms with Crippen molar-refractivity contribution in [3.63, 3.8) is 0 Å². The second-order valence-corrected chi connectivity index (χ2v) is 11.3. The van der Waals surface area contributed by atoms with Gasteiger partial charge >= 0.3 is 5.69 Å². The van der Waals surface area contributed by atoms with Gasteiger partial charge in [-0.3, -0.25) is 27.7 Å². The molecule has 2 heterocycles. The molecular formula is C30H28N5O7S-. The number of aryl methyl sites for hydroxylation is 1. The number of carbonyl (C=O) groups is 1. The zero-order valence-electron chi connectivity index (χ0n) is 23.5. The smallest absolute Gasteiger partial charge is 0.332 e. The number of carbonyl (C=O) groups excluding carboxylic acids is 1. The van der Waals surface area contributed by atoms with Crippen molar-refractivity contribution in [3.8, 4) is 11.6 Å². The minimum Gasteiger partial charge on any atom is -0.755 e. The molecule has 0 aliphatic rings. The molecule has 0 saturated carbocycles. The number of aromatic nitrogens is 3. The normalized spacial score (nSPS) is 12.2. The molecule has 222 valence electrons. The predicted octanol–water partition coefficient (Wildman–Crippen LogP) is 3.98. The van der Waals surface area contributed by atoms with Crippen molar-refractivity contribution < 1.29 is 22.8 Å². The highest BCUT2D eigenvalue weighted by molar-refractivity contribution is 7.77. The van der Waals surface area contributed by atoms with Crippen LogP contribution in [-0.4, -0.2) is 29.0 Å². The maximum atomic E-state index is 13.7. The summed E-state index contributed by atoms with van der Waals surface area (Å²) in [5.74, 6) is 0.202. The van der Waals surface area contributed by atoms with Gasteiger partial charge in [0.15, 0.2) is 5.58 Å². The molecule has 13 heteroatoms. The lowest BCUT2D eigenvalue weighted by molar-refractivity contribution is -0.128. The van der Waals surface area contributed by atoms with E-state index in [9.17, 15) is 23.1 Å². The van der Waals surface area contributed by atoms with Crippen molar-refractivity contribution in [1.82, 2.24) is 19.0 Å². The van der Waals surface area contributed by atoms with E-state index in [0.717, 1.165) is 21.1 Å². The Morgan fingerprint density at radius 1 is 1.02 bits per heavy atom. The summed E-state index contributed by atoms with van der Waals surface area (Å²) in [6, 6.07) is 23.0. The van der Waals surface area contributed by atoms with E-state index in [0.29, 0.717) is 22.9 Å². The maximum Gasteiger partial charge on any atom is 0.332 e. The average Bonchev–Trinajstić information content (AvgIpc) is 3.37. The second kappa shape index (κ2) is 12.1. The number of nitrogens with one attached hydrogen (secondary N) is 2. The van der Waals surface area contributed by atoms with Crippen molar-refractivity contribution >= 4 is 39.6 Å². The first-order valence-corrected chi connectivity index (χ1v) is 14.3. The van der Waals surface area contributed by atoms with E-state index >= 15 is 0 Å². The highest BCUT2D eigenvalue weighted by Gasteiger charge is 2.30. The van der Waals surface area contributed by atoms with Gasteiger partial charge < -0.3 is 19.1 Å². The predicted molar refractivity (Wildman–Crippen MR) is 160 cm³/mol. The third-order valence-electron chi connectivity index (χ3n) is 6.77. The Labute approximate surface area is 248 Å². The highest BCUT2D eigenvalue weighted by atomic mass is 32.2. The topological polar surface area (TPSA) is 161 Å². The molecule has 5 aromatic rings. The van der Waals surface area contributed by atoms with Crippen LogP contribution in [0.4, 0.5) is 11.5 Å². The SMILES string of the molecule is Cc1ccc(Cn2c(Nc3ccc(Oc4noc5ccccc45)cc3)cc(=O)n(CC(C)(C)C(=O)NS(=O)[O-])c2=O)cc1. The van der Waals surface area contributed by atoms with E-state index < -0.39 is 33.8 Å². The minimum absolute atomic E-state index is 0.124. The molecule has 2 N–H and O–H groups in total. The number of amides is 1. The number of hydrogen-bond acceptors (Lipinski definition) is 9.